The van der Waals surface area contributed by atoms with Gasteiger partial charge in [0.05, 0.1) is 6.04 Å². The van der Waals surface area contributed by atoms with Crippen LogP contribution in [0.3, 0.4) is 0 Å². The zero-order valence-electron chi connectivity index (χ0n) is 18.0. The molecule has 0 radical (unpaired) electrons. The van der Waals surface area contributed by atoms with Gasteiger partial charge in [-0.15, -0.1) is 0 Å². The van der Waals surface area contributed by atoms with Crippen LogP contribution < -0.4 is 5.73 Å². The Hall–Kier alpha value is -1.43. The van der Waals surface area contributed by atoms with Crippen molar-refractivity contribution in [1.82, 2.24) is 14.7 Å². The van der Waals surface area contributed by atoms with E-state index in [4.69, 9.17) is 5.73 Å². The lowest BCUT2D eigenvalue weighted by Gasteiger charge is -2.42. The van der Waals surface area contributed by atoms with E-state index in [2.05, 4.69) is 48.9 Å². The molecule has 1 amide bonds. The van der Waals surface area contributed by atoms with Crippen LogP contribution in [0, 0.1) is 0 Å². The van der Waals surface area contributed by atoms with E-state index in [-0.39, 0.29) is 5.91 Å². The maximum absolute atomic E-state index is 12.9. The molecule has 2 heterocycles. The standard InChI is InChI=1S/C23H38N4O/c1-4-19-7-6-18(16-20(19)5-2)17-22(24)23(28)27-10-8-21(9-11-27)26-14-12-25(3)13-15-26/h6-7,16,21-22H,4-5,8-15,17,24H2,1-3H3/t22-/m1/s1. The summed E-state index contributed by atoms with van der Waals surface area (Å²) in [4.78, 5) is 19.9. The van der Waals surface area contributed by atoms with Crippen LogP contribution in [0.4, 0.5) is 0 Å². The molecule has 2 fully saturated rings. The Balaban J connectivity index is 1.50. The van der Waals surface area contributed by atoms with Crippen LogP contribution in [-0.4, -0.2) is 79.0 Å². The second kappa shape index (κ2) is 9.86. The molecule has 1 aromatic rings. The van der Waals surface area contributed by atoms with Crippen molar-refractivity contribution in [3.63, 3.8) is 0 Å². The lowest BCUT2D eigenvalue weighted by atomic mass is 9.96. The summed E-state index contributed by atoms with van der Waals surface area (Å²) in [5.41, 5.74) is 10.3. The number of aryl methyl sites for hydroxylation is 2. The summed E-state index contributed by atoms with van der Waals surface area (Å²) in [5, 5.41) is 0. The molecule has 0 unspecified atom stereocenters. The average Bonchev–Trinajstić information content (AvgIpc) is 2.73. The number of nitrogens with zero attached hydrogens (tertiary/aromatic N) is 3. The topological polar surface area (TPSA) is 52.8 Å². The molecule has 1 atom stereocenters. The van der Waals surface area contributed by atoms with Crippen LogP contribution in [0.2, 0.25) is 0 Å². The third-order valence-electron chi connectivity index (χ3n) is 6.64. The normalized spacial score (nSPS) is 21.1. The van der Waals surface area contributed by atoms with Gasteiger partial charge >= 0.3 is 0 Å². The molecule has 5 heteroatoms. The number of hydrogen-bond acceptors (Lipinski definition) is 4. The first-order chi connectivity index (χ1) is 13.5. The summed E-state index contributed by atoms with van der Waals surface area (Å²) in [7, 11) is 2.19. The van der Waals surface area contributed by atoms with Gasteiger partial charge in [0.15, 0.2) is 0 Å². The fourth-order valence-corrected chi connectivity index (χ4v) is 4.69. The van der Waals surface area contributed by atoms with E-state index < -0.39 is 6.04 Å². The highest BCUT2D eigenvalue weighted by Gasteiger charge is 2.30. The smallest absolute Gasteiger partial charge is 0.239 e. The number of hydrogen-bond donors (Lipinski definition) is 1. The van der Waals surface area contributed by atoms with E-state index in [9.17, 15) is 4.79 Å². The molecule has 0 spiro atoms. The molecule has 0 saturated carbocycles. The molecule has 1 aromatic carbocycles. The number of amides is 1. The van der Waals surface area contributed by atoms with Crippen molar-refractivity contribution in [2.24, 2.45) is 5.73 Å². The minimum atomic E-state index is -0.433. The van der Waals surface area contributed by atoms with E-state index in [0.29, 0.717) is 12.5 Å². The summed E-state index contributed by atoms with van der Waals surface area (Å²) < 4.78 is 0. The molecule has 156 valence electrons. The molecule has 0 aliphatic carbocycles. The molecule has 2 N–H and O–H groups in total. The van der Waals surface area contributed by atoms with E-state index >= 15 is 0 Å². The van der Waals surface area contributed by atoms with Crippen LogP contribution >= 0.6 is 0 Å². The Morgan fingerprint density at radius 1 is 1.04 bits per heavy atom. The van der Waals surface area contributed by atoms with Gasteiger partial charge in [-0.25, -0.2) is 0 Å². The number of piperidine rings is 1. The lowest BCUT2D eigenvalue weighted by molar-refractivity contribution is -0.134. The highest BCUT2D eigenvalue weighted by atomic mass is 16.2. The fraction of sp³-hybridized carbons (Fsp3) is 0.696. The number of benzene rings is 1. The van der Waals surface area contributed by atoms with E-state index in [1.807, 2.05) is 4.90 Å². The maximum atomic E-state index is 12.9. The Morgan fingerprint density at radius 2 is 1.68 bits per heavy atom. The monoisotopic (exact) mass is 386 g/mol. The van der Waals surface area contributed by atoms with Gasteiger partial charge in [-0.2, -0.15) is 0 Å². The summed E-state index contributed by atoms with van der Waals surface area (Å²) >= 11 is 0. The maximum Gasteiger partial charge on any atom is 0.239 e. The molecule has 28 heavy (non-hydrogen) atoms. The van der Waals surface area contributed by atoms with Crippen molar-refractivity contribution in [1.29, 1.82) is 0 Å². The Bertz CT molecular complexity index is 646. The van der Waals surface area contributed by atoms with Crippen molar-refractivity contribution in [2.45, 2.75) is 58.0 Å². The van der Waals surface area contributed by atoms with Gasteiger partial charge in [-0.1, -0.05) is 32.0 Å². The first-order valence-corrected chi connectivity index (χ1v) is 11.1. The van der Waals surface area contributed by atoms with Crippen molar-refractivity contribution in [3.05, 3.63) is 34.9 Å². The molecule has 3 rings (SSSR count). The molecule has 0 bridgehead atoms. The predicted molar refractivity (Wildman–Crippen MR) is 116 cm³/mol. The largest absolute Gasteiger partial charge is 0.341 e. The summed E-state index contributed by atoms with van der Waals surface area (Å²) in [6, 6.07) is 6.78. The molecule has 5 nitrogen and oxygen atoms in total. The van der Waals surface area contributed by atoms with E-state index in [1.165, 1.54) is 16.7 Å². The van der Waals surface area contributed by atoms with Gasteiger partial charge in [0.25, 0.3) is 0 Å². The minimum absolute atomic E-state index is 0.120. The third kappa shape index (κ3) is 5.13. The number of likely N-dealkylation sites (tertiary alicyclic amines) is 1. The van der Waals surface area contributed by atoms with Crippen molar-refractivity contribution in [3.8, 4) is 0 Å². The van der Waals surface area contributed by atoms with Crippen molar-refractivity contribution in [2.75, 3.05) is 46.3 Å². The van der Waals surface area contributed by atoms with Crippen LogP contribution in [0.5, 0.6) is 0 Å². The Labute approximate surface area is 170 Å². The fourth-order valence-electron chi connectivity index (χ4n) is 4.69. The molecule has 2 saturated heterocycles. The van der Waals surface area contributed by atoms with E-state index in [0.717, 1.165) is 65.0 Å². The average molecular weight is 387 g/mol. The van der Waals surface area contributed by atoms with Gasteiger partial charge in [-0.05, 0) is 55.8 Å². The number of carbonyl (C=O) groups excluding carboxylic acids is 1. The number of nitrogens with two attached hydrogens (primary N) is 1. The van der Waals surface area contributed by atoms with Crippen molar-refractivity contribution >= 4 is 5.91 Å². The van der Waals surface area contributed by atoms with Crippen LogP contribution in [0.25, 0.3) is 0 Å². The van der Waals surface area contributed by atoms with Gasteiger partial charge in [0, 0.05) is 45.3 Å². The number of piperazine rings is 1. The molecular formula is C23H38N4O. The van der Waals surface area contributed by atoms with Crippen LogP contribution in [0.15, 0.2) is 18.2 Å². The molecule has 0 aromatic heterocycles. The quantitative estimate of drug-likeness (QED) is 0.812. The lowest BCUT2D eigenvalue weighted by Crippen LogP contribution is -2.54. The Morgan fingerprint density at radius 3 is 2.29 bits per heavy atom. The molecular weight excluding hydrogens is 348 g/mol. The summed E-state index contributed by atoms with van der Waals surface area (Å²) in [6.45, 7) is 10.7. The SMILES string of the molecule is CCc1ccc(C[C@@H](N)C(=O)N2CCC(N3CCN(C)CC3)CC2)cc1CC. The Kier molecular flexibility index (Phi) is 7.49. The summed E-state index contributed by atoms with van der Waals surface area (Å²) in [6.07, 6.45) is 4.87. The van der Waals surface area contributed by atoms with Crippen molar-refractivity contribution < 1.29 is 4.79 Å². The zero-order valence-corrected chi connectivity index (χ0v) is 18.0. The highest BCUT2D eigenvalue weighted by Crippen LogP contribution is 2.20. The van der Waals surface area contributed by atoms with Crippen LogP contribution in [0.1, 0.15) is 43.4 Å². The van der Waals surface area contributed by atoms with Gasteiger partial charge < -0.3 is 15.5 Å². The van der Waals surface area contributed by atoms with Gasteiger partial charge in [-0.3, -0.25) is 9.69 Å². The number of carbonyl (C=O) groups is 1. The number of likely N-dealkylation sites (N-methyl/N-ethyl adjacent to an activating group) is 1. The molecule has 2 aliphatic heterocycles. The third-order valence-corrected chi connectivity index (χ3v) is 6.64. The van der Waals surface area contributed by atoms with Gasteiger partial charge in [0.1, 0.15) is 0 Å². The van der Waals surface area contributed by atoms with Crippen LogP contribution in [-0.2, 0) is 24.1 Å². The first-order valence-electron chi connectivity index (χ1n) is 11.1. The molecule has 2 aliphatic rings. The predicted octanol–water partition coefficient (Wildman–Crippen LogP) is 1.92. The van der Waals surface area contributed by atoms with E-state index in [1.54, 1.807) is 0 Å². The van der Waals surface area contributed by atoms with Gasteiger partial charge in [0.2, 0.25) is 5.91 Å². The zero-order chi connectivity index (χ0) is 20.1. The second-order valence-corrected chi connectivity index (χ2v) is 8.52. The summed E-state index contributed by atoms with van der Waals surface area (Å²) in [5.74, 6) is 0.120. The second-order valence-electron chi connectivity index (χ2n) is 8.52. The number of rotatable bonds is 6. The first kappa shape index (κ1) is 21.3. The highest BCUT2D eigenvalue weighted by molar-refractivity contribution is 5.82. The minimum Gasteiger partial charge on any atom is -0.341 e.